The standard InChI is InChI=1S/C8H17NO2/c1-6(2)7(9)8(3)10-4-5-11-8/h6-7H,4-5,9H2,1-3H3. The van der Waals surface area contributed by atoms with Crippen LogP contribution in [0.25, 0.3) is 0 Å². The van der Waals surface area contributed by atoms with Crippen molar-refractivity contribution < 1.29 is 9.47 Å². The molecular weight excluding hydrogens is 142 g/mol. The Balaban J connectivity index is 2.56. The highest BCUT2D eigenvalue weighted by Gasteiger charge is 2.38. The van der Waals surface area contributed by atoms with Crippen LogP contribution in [0.15, 0.2) is 0 Å². The van der Waals surface area contributed by atoms with E-state index in [1.54, 1.807) is 0 Å². The molecule has 1 saturated heterocycles. The van der Waals surface area contributed by atoms with E-state index in [0.29, 0.717) is 19.1 Å². The Morgan fingerprint density at radius 3 is 2.09 bits per heavy atom. The van der Waals surface area contributed by atoms with Crippen molar-refractivity contribution in [2.24, 2.45) is 11.7 Å². The van der Waals surface area contributed by atoms with Crippen LogP contribution in [0, 0.1) is 5.92 Å². The van der Waals surface area contributed by atoms with Gasteiger partial charge in [-0.05, 0) is 12.8 Å². The summed E-state index contributed by atoms with van der Waals surface area (Å²) < 4.78 is 10.8. The third-order valence-electron chi connectivity index (χ3n) is 2.18. The largest absolute Gasteiger partial charge is 0.346 e. The minimum atomic E-state index is -0.547. The van der Waals surface area contributed by atoms with Crippen LogP contribution in [0.3, 0.4) is 0 Å². The maximum atomic E-state index is 5.91. The summed E-state index contributed by atoms with van der Waals surface area (Å²) in [4.78, 5) is 0. The van der Waals surface area contributed by atoms with Crippen LogP contribution < -0.4 is 5.73 Å². The SMILES string of the molecule is CC(C)C(N)C1(C)OCCO1. The molecule has 11 heavy (non-hydrogen) atoms. The molecule has 1 fully saturated rings. The van der Waals surface area contributed by atoms with Crippen LogP contribution in [-0.4, -0.2) is 25.0 Å². The highest BCUT2D eigenvalue weighted by atomic mass is 16.7. The summed E-state index contributed by atoms with van der Waals surface area (Å²) in [6, 6.07) is -0.0370. The molecule has 2 N–H and O–H groups in total. The van der Waals surface area contributed by atoms with E-state index in [4.69, 9.17) is 15.2 Å². The van der Waals surface area contributed by atoms with Gasteiger partial charge in [-0.1, -0.05) is 13.8 Å². The van der Waals surface area contributed by atoms with Crippen molar-refractivity contribution in [1.29, 1.82) is 0 Å². The van der Waals surface area contributed by atoms with E-state index >= 15 is 0 Å². The van der Waals surface area contributed by atoms with Gasteiger partial charge in [0.15, 0.2) is 5.79 Å². The van der Waals surface area contributed by atoms with Gasteiger partial charge in [-0.3, -0.25) is 0 Å². The van der Waals surface area contributed by atoms with Gasteiger partial charge in [0.2, 0.25) is 0 Å². The van der Waals surface area contributed by atoms with Crippen molar-refractivity contribution in [2.75, 3.05) is 13.2 Å². The molecule has 0 spiro atoms. The predicted molar refractivity (Wildman–Crippen MR) is 43.1 cm³/mol. The van der Waals surface area contributed by atoms with Crippen LogP contribution in [0.4, 0.5) is 0 Å². The summed E-state index contributed by atoms with van der Waals surface area (Å²) in [7, 11) is 0. The molecule has 1 rings (SSSR count). The number of ether oxygens (including phenoxy) is 2. The molecule has 0 aromatic rings. The summed E-state index contributed by atoms with van der Waals surface area (Å²) in [5.74, 6) is -0.160. The molecule has 1 atom stereocenters. The quantitative estimate of drug-likeness (QED) is 0.646. The molecule has 3 heteroatoms. The van der Waals surface area contributed by atoms with Crippen LogP contribution in [0.2, 0.25) is 0 Å². The molecule has 0 saturated carbocycles. The summed E-state index contributed by atoms with van der Waals surface area (Å²) in [6.07, 6.45) is 0. The first-order valence-corrected chi connectivity index (χ1v) is 4.10. The summed E-state index contributed by atoms with van der Waals surface area (Å²) in [5.41, 5.74) is 5.91. The zero-order chi connectivity index (χ0) is 8.48. The third kappa shape index (κ3) is 1.72. The Morgan fingerprint density at radius 2 is 1.73 bits per heavy atom. The van der Waals surface area contributed by atoms with Crippen molar-refractivity contribution in [1.82, 2.24) is 0 Å². The van der Waals surface area contributed by atoms with E-state index in [-0.39, 0.29) is 6.04 Å². The van der Waals surface area contributed by atoms with E-state index in [2.05, 4.69) is 13.8 Å². The molecule has 0 aromatic carbocycles. The third-order valence-corrected chi connectivity index (χ3v) is 2.18. The molecule has 0 bridgehead atoms. The molecule has 0 aromatic heterocycles. The average Bonchev–Trinajstić information content (AvgIpc) is 2.35. The van der Waals surface area contributed by atoms with Gasteiger partial charge in [0.25, 0.3) is 0 Å². The molecule has 1 aliphatic rings. The second-order valence-electron chi connectivity index (χ2n) is 3.48. The molecular formula is C8H17NO2. The van der Waals surface area contributed by atoms with Crippen molar-refractivity contribution in [3.63, 3.8) is 0 Å². The zero-order valence-electron chi connectivity index (χ0n) is 7.46. The predicted octanol–water partition coefficient (Wildman–Crippen LogP) is 0.733. The van der Waals surface area contributed by atoms with Gasteiger partial charge in [0, 0.05) is 0 Å². The van der Waals surface area contributed by atoms with E-state index in [0.717, 1.165) is 0 Å². The second-order valence-corrected chi connectivity index (χ2v) is 3.48. The van der Waals surface area contributed by atoms with E-state index in [1.165, 1.54) is 0 Å². The lowest BCUT2D eigenvalue weighted by Crippen LogP contribution is -2.49. The first-order valence-electron chi connectivity index (χ1n) is 4.10. The van der Waals surface area contributed by atoms with Crippen LogP contribution in [0.5, 0.6) is 0 Å². The highest BCUT2D eigenvalue weighted by Crippen LogP contribution is 2.25. The monoisotopic (exact) mass is 159 g/mol. The van der Waals surface area contributed by atoms with Crippen LogP contribution >= 0.6 is 0 Å². The van der Waals surface area contributed by atoms with Crippen molar-refractivity contribution in [2.45, 2.75) is 32.6 Å². The highest BCUT2D eigenvalue weighted by molar-refractivity contribution is 4.83. The maximum absolute atomic E-state index is 5.91. The van der Waals surface area contributed by atoms with E-state index in [1.807, 2.05) is 6.92 Å². The number of hydrogen-bond acceptors (Lipinski definition) is 3. The molecule has 0 radical (unpaired) electrons. The average molecular weight is 159 g/mol. The summed E-state index contributed by atoms with van der Waals surface area (Å²) >= 11 is 0. The molecule has 1 aliphatic heterocycles. The number of rotatable bonds is 2. The Hall–Kier alpha value is -0.120. The Morgan fingerprint density at radius 1 is 1.27 bits per heavy atom. The van der Waals surface area contributed by atoms with Gasteiger partial charge in [0.05, 0.1) is 19.3 Å². The van der Waals surface area contributed by atoms with Crippen molar-refractivity contribution in [3.05, 3.63) is 0 Å². The number of nitrogens with two attached hydrogens (primary N) is 1. The fourth-order valence-electron chi connectivity index (χ4n) is 1.33. The fourth-order valence-corrected chi connectivity index (χ4v) is 1.33. The fraction of sp³-hybridized carbons (Fsp3) is 1.00. The lowest BCUT2D eigenvalue weighted by atomic mass is 9.98. The van der Waals surface area contributed by atoms with Crippen molar-refractivity contribution in [3.8, 4) is 0 Å². The number of hydrogen-bond donors (Lipinski definition) is 1. The molecule has 0 aliphatic carbocycles. The Kier molecular flexibility index (Phi) is 2.52. The smallest absolute Gasteiger partial charge is 0.181 e. The lowest BCUT2D eigenvalue weighted by molar-refractivity contribution is -0.165. The molecule has 1 unspecified atom stereocenters. The van der Waals surface area contributed by atoms with Gasteiger partial charge in [-0.25, -0.2) is 0 Å². The van der Waals surface area contributed by atoms with Crippen molar-refractivity contribution >= 4 is 0 Å². The first-order chi connectivity index (χ1) is 5.06. The first kappa shape index (κ1) is 8.97. The van der Waals surface area contributed by atoms with E-state index in [9.17, 15) is 0 Å². The molecule has 3 nitrogen and oxygen atoms in total. The minimum absolute atomic E-state index is 0.0370. The van der Waals surface area contributed by atoms with E-state index < -0.39 is 5.79 Å². The lowest BCUT2D eigenvalue weighted by Gasteiger charge is -2.31. The van der Waals surface area contributed by atoms with Crippen LogP contribution in [-0.2, 0) is 9.47 Å². The minimum Gasteiger partial charge on any atom is -0.346 e. The normalized spacial score (nSPS) is 25.9. The van der Waals surface area contributed by atoms with Gasteiger partial charge >= 0.3 is 0 Å². The Labute approximate surface area is 67.9 Å². The summed E-state index contributed by atoms with van der Waals surface area (Å²) in [6.45, 7) is 7.38. The maximum Gasteiger partial charge on any atom is 0.181 e. The van der Waals surface area contributed by atoms with Gasteiger partial charge in [-0.2, -0.15) is 0 Å². The second kappa shape index (κ2) is 3.09. The Bertz CT molecular complexity index is 130. The van der Waals surface area contributed by atoms with Gasteiger partial charge in [-0.15, -0.1) is 0 Å². The topological polar surface area (TPSA) is 44.5 Å². The van der Waals surface area contributed by atoms with Gasteiger partial charge < -0.3 is 15.2 Å². The molecule has 0 amide bonds. The molecule has 66 valence electrons. The molecule has 1 heterocycles. The zero-order valence-corrected chi connectivity index (χ0v) is 7.46. The summed E-state index contributed by atoms with van der Waals surface area (Å²) in [5, 5.41) is 0. The van der Waals surface area contributed by atoms with Crippen LogP contribution in [0.1, 0.15) is 20.8 Å². The van der Waals surface area contributed by atoms with Gasteiger partial charge in [0.1, 0.15) is 0 Å².